The molecule has 6 nitrogen and oxygen atoms in total. The molecule has 20 heavy (non-hydrogen) atoms. The molecular weight excluding hydrogens is 326 g/mol. The molecule has 0 aliphatic heterocycles. The molecule has 0 aromatic heterocycles. The number of nitrogens with one attached hydrogen (secondary N) is 1. The van der Waals surface area contributed by atoms with Crippen molar-refractivity contribution in [3.63, 3.8) is 0 Å². The highest BCUT2D eigenvalue weighted by Crippen LogP contribution is 2.35. The first-order valence-electron chi connectivity index (χ1n) is 6.04. The van der Waals surface area contributed by atoms with E-state index in [4.69, 9.17) is 4.74 Å². The van der Waals surface area contributed by atoms with Gasteiger partial charge >= 0.3 is 5.69 Å². The summed E-state index contributed by atoms with van der Waals surface area (Å²) >= 11 is 3.22. The fraction of sp³-hybridized carbons (Fsp3) is 0.462. The summed E-state index contributed by atoms with van der Waals surface area (Å²) in [4.78, 5) is 10.5. The van der Waals surface area contributed by atoms with Crippen molar-refractivity contribution < 1.29 is 9.66 Å². The Morgan fingerprint density at radius 2 is 2.25 bits per heavy atom. The second-order valence-corrected chi connectivity index (χ2v) is 5.73. The van der Waals surface area contributed by atoms with Crippen molar-refractivity contribution in [2.75, 3.05) is 6.61 Å². The van der Waals surface area contributed by atoms with Crippen molar-refractivity contribution in [2.24, 2.45) is 0 Å². The van der Waals surface area contributed by atoms with Crippen LogP contribution in [0.1, 0.15) is 20.8 Å². The van der Waals surface area contributed by atoms with E-state index in [0.29, 0.717) is 4.47 Å². The van der Waals surface area contributed by atoms with Gasteiger partial charge in [0.1, 0.15) is 12.1 Å². The number of halogens is 1. The number of nitriles is 1. The average molecular weight is 342 g/mol. The van der Waals surface area contributed by atoms with E-state index < -0.39 is 10.5 Å². The number of ether oxygens (including phenoxy) is 1. The standard InChI is InChI=1S/C13H16BrN3O3/c1-9(2)16-13(3,7-15)8-20-12-10(14)5-4-6-11(12)17(18)19/h4-6,9,16H,8H2,1-3H3. The smallest absolute Gasteiger partial charge is 0.312 e. The second kappa shape index (κ2) is 6.68. The normalized spacial score (nSPS) is 13.6. The Bertz CT molecular complexity index is 542. The van der Waals surface area contributed by atoms with Crippen LogP contribution in [-0.2, 0) is 0 Å². The van der Waals surface area contributed by atoms with E-state index in [-0.39, 0.29) is 24.1 Å². The first-order chi connectivity index (χ1) is 9.29. The van der Waals surface area contributed by atoms with Crippen LogP contribution in [0.5, 0.6) is 5.75 Å². The first kappa shape index (κ1) is 16.4. The second-order valence-electron chi connectivity index (χ2n) is 4.88. The lowest BCUT2D eigenvalue weighted by Gasteiger charge is -2.25. The molecule has 7 heteroatoms. The summed E-state index contributed by atoms with van der Waals surface area (Å²) in [6.45, 7) is 5.52. The molecule has 0 saturated carbocycles. The minimum Gasteiger partial charge on any atom is -0.483 e. The number of para-hydroxylation sites is 1. The summed E-state index contributed by atoms with van der Waals surface area (Å²) in [5, 5.41) is 23.3. The van der Waals surface area contributed by atoms with Crippen molar-refractivity contribution in [2.45, 2.75) is 32.4 Å². The number of rotatable bonds is 6. The van der Waals surface area contributed by atoms with Gasteiger partial charge in [0.15, 0.2) is 0 Å². The van der Waals surface area contributed by atoms with Crippen LogP contribution in [-0.4, -0.2) is 23.1 Å². The van der Waals surface area contributed by atoms with Crippen LogP contribution in [0, 0.1) is 21.4 Å². The van der Waals surface area contributed by atoms with Gasteiger partial charge in [0.25, 0.3) is 0 Å². The Morgan fingerprint density at radius 3 is 2.75 bits per heavy atom. The lowest BCUT2D eigenvalue weighted by atomic mass is 10.1. The zero-order valence-electron chi connectivity index (χ0n) is 11.5. The van der Waals surface area contributed by atoms with Crippen molar-refractivity contribution in [3.8, 4) is 11.8 Å². The lowest BCUT2D eigenvalue weighted by molar-refractivity contribution is -0.386. The van der Waals surface area contributed by atoms with Gasteiger partial charge in [-0.2, -0.15) is 5.26 Å². The molecule has 0 fully saturated rings. The Morgan fingerprint density at radius 1 is 1.60 bits per heavy atom. The predicted octanol–water partition coefficient (Wildman–Crippen LogP) is 3.02. The van der Waals surface area contributed by atoms with E-state index in [1.807, 2.05) is 13.8 Å². The zero-order chi connectivity index (χ0) is 15.3. The molecule has 108 valence electrons. The number of nitro groups is 1. The molecule has 0 aliphatic rings. The zero-order valence-corrected chi connectivity index (χ0v) is 13.1. The van der Waals surface area contributed by atoms with Crippen molar-refractivity contribution in [3.05, 3.63) is 32.8 Å². The van der Waals surface area contributed by atoms with Crippen LogP contribution in [0.15, 0.2) is 22.7 Å². The Balaban J connectivity index is 2.95. The highest BCUT2D eigenvalue weighted by atomic mass is 79.9. The number of hydrogen-bond donors (Lipinski definition) is 1. The molecule has 1 unspecified atom stereocenters. The predicted molar refractivity (Wildman–Crippen MR) is 78.6 cm³/mol. The maximum atomic E-state index is 11.0. The Labute approximate surface area is 126 Å². The summed E-state index contributed by atoms with van der Waals surface area (Å²) in [7, 11) is 0. The molecule has 1 aromatic rings. The highest BCUT2D eigenvalue weighted by molar-refractivity contribution is 9.10. The molecule has 0 aliphatic carbocycles. The number of nitro benzene ring substituents is 1. The molecular formula is C13H16BrN3O3. The summed E-state index contributed by atoms with van der Waals surface area (Å²) < 4.78 is 6.00. The van der Waals surface area contributed by atoms with Crippen LogP contribution in [0.3, 0.4) is 0 Å². The topological polar surface area (TPSA) is 88.2 Å². The minimum absolute atomic E-state index is 0.00509. The number of hydrogen-bond acceptors (Lipinski definition) is 5. The van der Waals surface area contributed by atoms with E-state index in [1.165, 1.54) is 6.07 Å². The SMILES string of the molecule is CC(C)NC(C)(C#N)COc1c(Br)cccc1[N+](=O)[O-]. The van der Waals surface area contributed by atoms with Gasteiger partial charge in [0, 0.05) is 12.1 Å². The lowest BCUT2D eigenvalue weighted by Crippen LogP contribution is -2.49. The molecule has 0 amide bonds. The van der Waals surface area contributed by atoms with Gasteiger partial charge in [-0.05, 0) is 42.8 Å². The van der Waals surface area contributed by atoms with Crippen molar-refractivity contribution in [1.82, 2.24) is 5.32 Å². The summed E-state index contributed by atoms with van der Waals surface area (Å²) in [6.07, 6.45) is 0. The third-order valence-electron chi connectivity index (χ3n) is 2.50. The third kappa shape index (κ3) is 4.18. The maximum Gasteiger partial charge on any atom is 0.312 e. The molecule has 0 saturated heterocycles. The van der Waals surface area contributed by atoms with Crippen molar-refractivity contribution >= 4 is 21.6 Å². The minimum atomic E-state index is -0.919. The third-order valence-corrected chi connectivity index (χ3v) is 3.13. The largest absolute Gasteiger partial charge is 0.483 e. The number of nitrogens with zero attached hydrogens (tertiary/aromatic N) is 2. The van der Waals surface area contributed by atoms with Crippen LogP contribution >= 0.6 is 15.9 Å². The van der Waals surface area contributed by atoms with Gasteiger partial charge in [-0.15, -0.1) is 0 Å². The summed E-state index contributed by atoms with van der Waals surface area (Å²) in [5.74, 6) is 0.129. The van der Waals surface area contributed by atoms with E-state index in [9.17, 15) is 15.4 Å². The fourth-order valence-corrected chi connectivity index (χ4v) is 2.21. The molecule has 1 aromatic carbocycles. The van der Waals surface area contributed by atoms with Crippen molar-refractivity contribution in [1.29, 1.82) is 5.26 Å². The molecule has 1 N–H and O–H groups in total. The quantitative estimate of drug-likeness (QED) is 0.634. The van der Waals surface area contributed by atoms with E-state index in [1.54, 1.807) is 19.1 Å². The molecule has 0 heterocycles. The molecule has 0 radical (unpaired) electrons. The monoisotopic (exact) mass is 341 g/mol. The van der Waals surface area contributed by atoms with E-state index in [0.717, 1.165) is 0 Å². The Hall–Kier alpha value is -1.65. The highest BCUT2D eigenvalue weighted by Gasteiger charge is 2.28. The Kier molecular flexibility index (Phi) is 5.48. The molecule has 1 atom stereocenters. The number of benzene rings is 1. The van der Waals surface area contributed by atoms with Gasteiger partial charge in [-0.25, -0.2) is 0 Å². The van der Waals surface area contributed by atoms with Gasteiger partial charge in [-0.3, -0.25) is 15.4 Å². The van der Waals surface area contributed by atoms with Gasteiger partial charge < -0.3 is 4.74 Å². The van der Waals surface area contributed by atoms with Crippen LogP contribution in [0.2, 0.25) is 0 Å². The summed E-state index contributed by atoms with van der Waals surface area (Å²) in [6, 6.07) is 6.80. The van der Waals surface area contributed by atoms with E-state index in [2.05, 4.69) is 27.3 Å². The van der Waals surface area contributed by atoms with E-state index >= 15 is 0 Å². The van der Waals surface area contributed by atoms with Crippen LogP contribution in [0.4, 0.5) is 5.69 Å². The summed E-state index contributed by atoms with van der Waals surface area (Å²) in [5.41, 5.74) is -1.05. The van der Waals surface area contributed by atoms with Gasteiger partial charge in [0.2, 0.25) is 5.75 Å². The average Bonchev–Trinajstić information content (AvgIpc) is 2.36. The first-order valence-corrected chi connectivity index (χ1v) is 6.83. The maximum absolute atomic E-state index is 11.0. The fourth-order valence-electron chi connectivity index (χ4n) is 1.74. The van der Waals surface area contributed by atoms with Gasteiger partial charge in [-0.1, -0.05) is 6.07 Å². The van der Waals surface area contributed by atoms with Crippen LogP contribution < -0.4 is 10.1 Å². The molecule has 1 rings (SSSR count). The molecule has 0 spiro atoms. The van der Waals surface area contributed by atoms with Crippen LogP contribution in [0.25, 0.3) is 0 Å². The van der Waals surface area contributed by atoms with Gasteiger partial charge in [0.05, 0.1) is 15.5 Å². The molecule has 0 bridgehead atoms.